The molecule has 0 aromatic heterocycles. The van der Waals surface area contributed by atoms with Crippen LogP contribution >= 0.6 is 0 Å². The Morgan fingerprint density at radius 1 is 1.12 bits per heavy atom. The van der Waals surface area contributed by atoms with Crippen molar-refractivity contribution in [2.45, 2.75) is 31.7 Å². The van der Waals surface area contributed by atoms with Crippen LogP contribution in [-0.4, -0.2) is 17.8 Å². The van der Waals surface area contributed by atoms with Crippen LogP contribution in [0.3, 0.4) is 0 Å². The average molecular weight is 228 g/mol. The van der Waals surface area contributed by atoms with Gasteiger partial charge in [0.05, 0.1) is 12.0 Å². The van der Waals surface area contributed by atoms with Gasteiger partial charge in [-0.25, -0.2) is 0 Å². The number of amides is 1. The molecule has 2 atom stereocenters. The third kappa shape index (κ3) is 1.97. The minimum Gasteiger partial charge on any atom is -0.310 e. The molecule has 3 nitrogen and oxygen atoms in total. The molecule has 0 spiro atoms. The first-order valence-electron chi connectivity index (χ1n) is 6.29. The summed E-state index contributed by atoms with van der Waals surface area (Å²) in [5, 5.41) is 2.94. The van der Waals surface area contributed by atoms with Gasteiger partial charge in [-0.1, -0.05) is 43.2 Å². The van der Waals surface area contributed by atoms with Crippen molar-refractivity contribution in [2.75, 3.05) is 0 Å². The minimum absolute atomic E-state index is 0.108. The Bertz CT molecular complexity index is 453. The summed E-state index contributed by atoms with van der Waals surface area (Å²) in [6.45, 7) is 0. The van der Waals surface area contributed by atoms with Crippen molar-refractivity contribution in [3.63, 3.8) is 0 Å². The Morgan fingerprint density at radius 2 is 1.88 bits per heavy atom. The number of carbonyl (C=O) groups excluding carboxylic acids is 1. The van der Waals surface area contributed by atoms with E-state index in [1.54, 1.807) is 0 Å². The molecule has 0 saturated heterocycles. The molecule has 1 heterocycles. The fourth-order valence-corrected chi connectivity index (χ4v) is 2.72. The molecule has 1 saturated carbocycles. The van der Waals surface area contributed by atoms with Gasteiger partial charge in [0.25, 0.3) is 0 Å². The molecule has 1 aliphatic heterocycles. The zero-order valence-corrected chi connectivity index (χ0v) is 9.73. The van der Waals surface area contributed by atoms with Crippen LogP contribution in [0, 0.1) is 5.92 Å². The van der Waals surface area contributed by atoms with Crippen LogP contribution in [0.4, 0.5) is 0 Å². The molecule has 1 aliphatic carbocycles. The summed E-state index contributed by atoms with van der Waals surface area (Å²) in [4.78, 5) is 16.7. The predicted octanol–water partition coefficient (Wildman–Crippen LogP) is 2.12. The highest BCUT2D eigenvalue weighted by molar-refractivity contribution is 6.10. The third-order valence-electron chi connectivity index (χ3n) is 3.65. The number of fused-ring (bicyclic) bond motifs is 1. The molecule has 1 aromatic carbocycles. The number of nitrogens with one attached hydrogen (secondary N) is 1. The third-order valence-corrected chi connectivity index (χ3v) is 3.65. The first kappa shape index (κ1) is 10.5. The lowest BCUT2D eigenvalue weighted by molar-refractivity contribution is -0.125. The molecule has 3 heteroatoms. The monoisotopic (exact) mass is 228 g/mol. The normalized spacial score (nSPS) is 28.0. The van der Waals surface area contributed by atoms with Gasteiger partial charge in [-0.3, -0.25) is 9.79 Å². The molecule has 1 aromatic rings. The lowest BCUT2D eigenvalue weighted by atomic mass is 9.83. The Morgan fingerprint density at radius 3 is 2.71 bits per heavy atom. The highest BCUT2D eigenvalue weighted by Gasteiger charge is 2.34. The van der Waals surface area contributed by atoms with E-state index in [1.807, 2.05) is 30.3 Å². The van der Waals surface area contributed by atoms with Crippen LogP contribution in [0.5, 0.6) is 0 Å². The SMILES string of the molecule is O=C1NC(c2ccccc2)=N[C@@H]2CCCC[C@H]12. The van der Waals surface area contributed by atoms with Gasteiger partial charge in [0.15, 0.2) is 0 Å². The van der Waals surface area contributed by atoms with Crippen LogP contribution in [0.25, 0.3) is 0 Å². The zero-order valence-electron chi connectivity index (χ0n) is 9.73. The number of carbonyl (C=O) groups is 1. The van der Waals surface area contributed by atoms with E-state index in [0.717, 1.165) is 30.7 Å². The van der Waals surface area contributed by atoms with Crippen LogP contribution in [0.15, 0.2) is 35.3 Å². The van der Waals surface area contributed by atoms with Crippen molar-refractivity contribution in [2.24, 2.45) is 10.9 Å². The maximum Gasteiger partial charge on any atom is 0.230 e. The number of aliphatic imine (C=N–C) groups is 1. The van der Waals surface area contributed by atoms with Gasteiger partial charge < -0.3 is 5.32 Å². The van der Waals surface area contributed by atoms with Crippen LogP contribution in [0.1, 0.15) is 31.2 Å². The summed E-state index contributed by atoms with van der Waals surface area (Å²) in [7, 11) is 0. The van der Waals surface area contributed by atoms with E-state index < -0.39 is 0 Å². The second kappa shape index (κ2) is 4.32. The molecule has 88 valence electrons. The lowest BCUT2D eigenvalue weighted by Crippen LogP contribution is -2.47. The number of benzene rings is 1. The summed E-state index contributed by atoms with van der Waals surface area (Å²) >= 11 is 0. The Kier molecular flexibility index (Phi) is 2.67. The Balaban J connectivity index is 1.92. The molecule has 0 bridgehead atoms. The van der Waals surface area contributed by atoms with E-state index in [4.69, 9.17) is 4.99 Å². The van der Waals surface area contributed by atoms with Crippen molar-refractivity contribution in [1.29, 1.82) is 0 Å². The van der Waals surface area contributed by atoms with Gasteiger partial charge in [0.1, 0.15) is 5.84 Å². The first-order chi connectivity index (χ1) is 8.34. The smallest absolute Gasteiger partial charge is 0.230 e. The average Bonchev–Trinajstić information content (AvgIpc) is 2.40. The fourth-order valence-electron chi connectivity index (χ4n) is 2.72. The van der Waals surface area contributed by atoms with Crippen molar-refractivity contribution in [3.8, 4) is 0 Å². The standard InChI is InChI=1S/C14H16N2O/c17-14-11-8-4-5-9-12(11)15-13(16-14)10-6-2-1-3-7-10/h1-3,6-7,11-12H,4-5,8-9H2,(H,15,16,17)/t11-,12+/m0/s1. The molecular formula is C14H16N2O. The molecular weight excluding hydrogens is 212 g/mol. The Labute approximate surface area is 101 Å². The highest BCUT2D eigenvalue weighted by atomic mass is 16.2. The minimum atomic E-state index is 0.108. The number of amidine groups is 1. The van der Waals surface area contributed by atoms with Crippen molar-refractivity contribution >= 4 is 11.7 Å². The molecule has 3 rings (SSSR count). The second-order valence-corrected chi connectivity index (χ2v) is 4.79. The van der Waals surface area contributed by atoms with Gasteiger partial charge in [-0.15, -0.1) is 0 Å². The van der Waals surface area contributed by atoms with E-state index in [0.29, 0.717) is 0 Å². The quantitative estimate of drug-likeness (QED) is 0.786. The molecule has 1 fully saturated rings. The van der Waals surface area contributed by atoms with Crippen molar-refractivity contribution in [1.82, 2.24) is 5.32 Å². The summed E-state index contributed by atoms with van der Waals surface area (Å²) in [6, 6.07) is 10.1. The highest BCUT2D eigenvalue weighted by Crippen LogP contribution is 2.29. The summed E-state index contributed by atoms with van der Waals surface area (Å²) in [5.41, 5.74) is 1.00. The molecule has 0 unspecified atom stereocenters. The number of nitrogens with zero attached hydrogens (tertiary/aromatic N) is 1. The summed E-state index contributed by atoms with van der Waals surface area (Å²) < 4.78 is 0. The summed E-state index contributed by atoms with van der Waals surface area (Å²) in [6.07, 6.45) is 4.39. The van der Waals surface area contributed by atoms with Crippen molar-refractivity contribution in [3.05, 3.63) is 35.9 Å². The largest absolute Gasteiger partial charge is 0.310 e. The zero-order chi connectivity index (χ0) is 11.7. The topological polar surface area (TPSA) is 41.5 Å². The second-order valence-electron chi connectivity index (χ2n) is 4.79. The molecule has 1 N–H and O–H groups in total. The summed E-state index contributed by atoms with van der Waals surface area (Å²) in [5.74, 6) is 1.01. The van der Waals surface area contributed by atoms with Crippen molar-refractivity contribution < 1.29 is 4.79 Å². The Hall–Kier alpha value is -1.64. The van der Waals surface area contributed by atoms with E-state index in [-0.39, 0.29) is 17.9 Å². The molecule has 2 aliphatic rings. The van der Waals surface area contributed by atoms with Gasteiger partial charge in [-0.05, 0) is 12.8 Å². The van der Waals surface area contributed by atoms with Gasteiger partial charge >= 0.3 is 0 Å². The van der Waals surface area contributed by atoms with Gasteiger partial charge in [0.2, 0.25) is 5.91 Å². The maximum atomic E-state index is 12.0. The van der Waals surface area contributed by atoms with E-state index in [1.165, 1.54) is 6.42 Å². The fraction of sp³-hybridized carbons (Fsp3) is 0.429. The number of hydrogen-bond acceptors (Lipinski definition) is 2. The lowest BCUT2D eigenvalue weighted by Gasteiger charge is -2.32. The molecule has 0 radical (unpaired) electrons. The van der Waals surface area contributed by atoms with E-state index in [2.05, 4.69) is 5.32 Å². The number of hydrogen-bond donors (Lipinski definition) is 1. The van der Waals surface area contributed by atoms with Crippen LogP contribution in [0.2, 0.25) is 0 Å². The van der Waals surface area contributed by atoms with Gasteiger partial charge in [0, 0.05) is 5.56 Å². The molecule has 17 heavy (non-hydrogen) atoms. The first-order valence-corrected chi connectivity index (χ1v) is 6.29. The number of rotatable bonds is 1. The van der Waals surface area contributed by atoms with E-state index in [9.17, 15) is 4.79 Å². The van der Waals surface area contributed by atoms with Crippen LogP contribution < -0.4 is 5.32 Å². The van der Waals surface area contributed by atoms with Crippen LogP contribution in [-0.2, 0) is 4.79 Å². The van der Waals surface area contributed by atoms with E-state index >= 15 is 0 Å². The molecule has 1 amide bonds. The maximum absolute atomic E-state index is 12.0. The van der Waals surface area contributed by atoms with Gasteiger partial charge in [-0.2, -0.15) is 0 Å². The predicted molar refractivity (Wildman–Crippen MR) is 66.9 cm³/mol.